The maximum absolute atomic E-state index is 13.2. The molecule has 14 heavy (non-hydrogen) atoms. The minimum Gasteiger partial charge on any atom is -0.396 e. The topological polar surface area (TPSA) is 20.2 Å². The maximum Gasteiger partial charge on any atom is 0.129 e. The van der Waals surface area contributed by atoms with Crippen LogP contribution in [0.3, 0.4) is 0 Å². The molecular formula is C11H14F2O. The second-order valence-electron chi connectivity index (χ2n) is 3.40. The van der Waals surface area contributed by atoms with E-state index >= 15 is 0 Å². The highest BCUT2D eigenvalue weighted by atomic mass is 19.1. The van der Waals surface area contributed by atoms with Crippen molar-refractivity contribution in [1.29, 1.82) is 0 Å². The van der Waals surface area contributed by atoms with Crippen molar-refractivity contribution in [1.82, 2.24) is 0 Å². The second kappa shape index (κ2) is 5.05. The molecular weight excluding hydrogens is 186 g/mol. The molecule has 0 heterocycles. The molecule has 0 saturated heterocycles. The van der Waals surface area contributed by atoms with Crippen molar-refractivity contribution in [2.75, 3.05) is 6.61 Å². The van der Waals surface area contributed by atoms with Gasteiger partial charge in [0.2, 0.25) is 0 Å². The van der Waals surface area contributed by atoms with Crippen molar-refractivity contribution >= 4 is 0 Å². The van der Waals surface area contributed by atoms with Crippen LogP contribution >= 0.6 is 0 Å². The molecule has 1 rings (SSSR count). The fourth-order valence-electron chi connectivity index (χ4n) is 1.34. The molecule has 78 valence electrons. The molecule has 0 fully saturated rings. The predicted octanol–water partition coefficient (Wildman–Crippen LogP) is 2.53. The Hall–Kier alpha value is -0.960. The van der Waals surface area contributed by atoms with Crippen molar-refractivity contribution in [3.8, 4) is 0 Å². The van der Waals surface area contributed by atoms with Gasteiger partial charge in [0.25, 0.3) is 0 Å². The van der Waals surface area contributed by atoms with Crippen LogP contribution < -0.4 is 0 Å². The van der Waals surface area contributed by atoms with Gasteiger partial charge in [0.15, 0.2) is 0 Å². The van der Waals surface area contributed by atoms with E-state index in [1.54, 1.807) is 0 Å². The van der Waals surface area contributed by atoms with E-state index < -0.39 is 11.6 Å². The largest absolute Gasteiger partial charge is 0.396 e. The lowest BCUT2D eigenvalue weighted by Crippen LogP contribution is -2.09. The van der Waals surface area contributed by atoms with Gasteiger partial charge >= 0.3 is 0 Å². The minimum atomic E-state index is -0.566. The van der Waals surface area contributed by atoms with Crippen molar-refractivity contribution in [3.05, 3.63) is 35.4 Å². The summed E-state index contributed by atoms with van der Waals surface area (Å²) in [4.78, 5) is 0. The van der Waals surface area contributed by atoms with Gasteiger partial charge in [-0.25, -0.2) is 8.78 Å². The van der Waals surface area contributed by atoms with Crippen LogP contribution in [0, 0.1) is 17.6 Å². The third-order valence-electron chi connectivity index (χ3n) is 2.36. The molecule has 0 aromatic heterocycles. The molecule has 0 aliphatic heterocycles. The molecule has 0 radical (unpaired) electrons. The first-order chi connectivity index (χ1) is 6.67. The lowest BCUT2D eigenvalue weighted by atomic mass is 9.97. The molecule has 1 N–H and O–H groups in total. The van der Waals surface area contributed by atoms with Crippen LogP contribution in [0.25, 0.3) is 0 Å². The Bertz CT molecular complexity index is 295. The molecule has 0 saturated carbocycles. The number of rotatable bonds is 4. The van der Waals surface area contributed by atoms with Crippen molar-refractivity contribution < 1.29 is 13.9 Å². The monoisotopic (exact) mass is 200 g/mol. The summed E-state index contributed by atoms with van der Waals surface area (Å²) in [5, 5.41) is 8.94. The van der Waals surface area contributed by atoms with Crippen LogP contribution in [-0.4, -0.2) is 11.7 Å². The molecule has 1 aromatic rings. The first kappa shape index (κ1) is 11.1. The molecule has 0 bridgehead atoms. The molecule has 1 unspecified atom stereocenters. The van der Waals surface area contributed by atoms with E-state index in [1.807, 2.05) is 6.92 Å². The highest BCUT2D eigenvalue weighted by Gasteiger charge is 2.10. The third-order valence-corrected chi connectivity index (χ3v) is 2.36. The van der Waals surface area contributed by atoms with Crippen LogP contribution in [0.15, 0.2) is 18.2 Å². The molecule has 1 atom stereocenters. The van der Waals surface area contributed by atoms with Crippen molar-refractivity contribution in [2.45, 2.75) is 19.8 Å². The van der Waals surface area contributed by atoms with E-state index in [-0.39, 0.29) is 12.5 Å². The Morgan fingerprint density at radius 3 is 2.57 bits per heavy atom. The zero-order valence-corrected chi connectivity index (χ0v) is 8.13. The first-order valence-corrected chi connectivity index (χ1v) is 4.72. The average molecular weight is 200 g/mol. The summed E-state index contributed by atoms with van der Waals surface area (Å²) in [7, 11) is 0. The highest BCUT2D eigenvalue weighted by Crippen LogP contribution is 2.15. The summed E-state index contributed by atoms with van der Waals surface area (Å²) in [5.41, 5.74) is 0.465. The van der Waals surface area contributed by atoms with E-state index in [0.29, 0.717) is 12.0 Å². The summed E-state index contributed by atoms with van der Waals surface area (Å²) in [5.74, 6) is -1.05. The van der Waals surface area contributed by atoms with Gasteiger partial charge in [-0.05, 0) is 24.0 Å². The predicted molar refractivity (Wildman–Crippen MR) is 50.9 cm³/mol. The van der Waals surface area contributed by atoms with E-state index in [0.717, 1.165) is 12.5 Å². The van der Waals surface area contributed by atoms with Crippen LogP contribution in [0.5, 0.6) is 0 Å². The van der Waals surface area contributed by atoms with E-state index in [9.17, 15) is 8.78 Å². The quantitative estimate of drug-likeness (QED) is 0.791. The van der Waals surface area contributed by atoms with Crippen LogP contribution in [0.4, 0.5) is 8.78 Å². The summed E-state index contributed by atoms with van der Waals surface area (Å²) < 4.78 is 25.7. The number of hydrogen-bond donors (Lipinski definition) is 1. The standard InChI is InChI=1S/C11H14F2O/c1-2-8(7-14)5-9-3-4-10(12)6-11(9)13/h3-4,6,8,14H,2,5,7H2,1H3. The van der Waals surface area contributed by atoms with Gasteiger partial charge in [-0.1, -0.05) is 19.4 Å². The van der Waals surface area contributed by atoms with Gasteiger partial charge in [0.1, 0.15) is 11.6 Å². The summed E-state index contributed by atoms with van der Waals surface area (Å²) >= 11 is 0. The number of benzene rings is 1. The number of aliphatic hydroxyl groups is 1. The van der Waals surface area contributed by atoms with Gasteiger partial charge < -0.3 is 5.11 Å². The summed E-state index contributed by atoms with van der Waals surface area (Å²) in [6, 6.07) is 3.55. The van der Waals surface area contributed by atoms with Crippen molar-refractivity contribution in [2.24, 2.45) is 5.92 Å². The van der Waals surface area contributed by atoms with Crippen molar-refractivity contribution in [3.63, 3.8) is 0 Å². The van der Waals surface area contributed by atoms with Crippen LogP contribution in [0.2, 0.25) is 0 Å². The van der Waals surface area contributed by atoms with E-state index in [1.165, 1.54) is 12.1 Å². The molecule has 1 aromatic carbocycles. The minimum absolute atomic E-state index is 0.0350. The second-order valence-corrected chi connectivity index (χ2v) is 3.40. The highest BCUT2D eigenvalue weighted by molar-refractivity contribution is 5.19. The number of halogens is 2. The van der Waals surface area contributed by atoms with Crippen LogP contribution in [-0.2, 0) is 6.42 Å². The summed E-state index contributed by atoms with van der Waals surface area (Å²) in [6.45, 7) is 1.97. The molecule has 0 aliphatic rings. The summed E-state index contributed by atoms with van der Waals surface area (Å²) in [6.07, 6.45) is 1.24. The van der Waals surface area contributed by atoms with Gasteiger partial charge in [-0.2, -0.15) is 0 Å². The SMILES string of the molecule is CCC(CO)Cc1ccc(F)cc1F. The fraction of sp³-hybridized carbons (Fsp3) is 0.455. The lowest BCUT2D eigenvalue weighted by molar-refractivity contribution is 0.221. The average Bonchev–Trinajstić information content (AvgIpc) is 2.17. The Kier molecular flexibility index (Phi) is 4.01. The third kappa shape index (κ3) is 2.77. The van der Waals surface area contributed by atoms with Crippen LogP contribution in [0.1, 0.15) is 18.9 Å². The molecule has 0 amide bonds. The zero-order chi connectivity index (χ0) is 10.6. The van der Waals surface area contributed by atoms with E-state index in [4.69, 9.17) is 5.11 Å². The first-order valence-electron chi connectivity index (χ1n) is 4.72. The van der Waals surface area contributed by atoms with E-state index in [2.05, 4.69) is 0 Å². The Morgan fingerprint density at radius 1 is 1.36 bits per heavy atom. The fourth-order valence-corrected chi connectivity index (χ4v) is 1.34. The smallest absolute Gasteiger partial charge is 0.129 e. The Labute approximate surface area is 82.4 Å². The zero-order valence-electron chi connectivity index (χ0n) is 8.13. The normalized spacial score (nSPS) is 12.9. The Morgan fingerprint density at radius 2 is 2.07 bits per heavy atom. The van der Waals surface area contributed by atoms with Gasteiger partial charge in [0.05, 0.1) is 0 Å². The lowest BCUT2D eigenvalue weighted by Gasteiger charge is -2.11. The maximum atomic E-state index is 13.2. The van der Waals surface area contributed by atoms with Gasteiger partial charge in [-0.15, -0.1) is 0 Å². The molecule has 0 aliphatic carbocycles. The number of aliphatic hydroxyl groups excluding tert-OH is 1. The molecule has 3 heteroatoms. The van der Waals surface area contributed by atoms with Gasteiger partial charge in [0, 0.05) is 12.7 Å². The van der Waals surface area contributed by atoms with Gasteiger partial charge in [-0.3, -0.25) is 0 Å². The Balaban J connectivity index is 2.76. The number of hydrogen-bond acceptors (Lipinski definition) is 1. The molecule has 1 nitrogen and oxygen atoms in total. The molecule has 0 spiro atoms.